The largest absolute Gasteiger partial charge is 0.398 e. The highest BCUT2D eigenvalue weighted by Gasteiger charge is 2.15. The molecule has 0 saturated heterocycles. The van der Waals surface area contributed by atoms with Crippen LogP contribution in [0.2, 0.25) is 5.02 Å². The van der Waals surface area contributed by atoms with E-state index in [1.807, 2.05) is 6.92 Å². The van der Waals surface area contributed by atoms with Crippen LogP contribution in [0, 0.1) is 0 Å². The van der Waals surface area contributed by atoms with Gasteiger partial charge >= 0.3 is 0 Å². The molecule has 3 nitrogen and oxygen atoms in total. The molecule has 16 heavy (non-hydrogen) atoms. The van der Waals surface area contributed by atoms with Crippen molar-refractivity contribution in [3.05, 3.63) is 41.4 Å². The van der Waals surface area contributed by atoms with Gasteiger partial charge in [0.05, 0.1) is 5.56 Å². The van der Waals surface area contributed by atoms with Crippen molar-refractivity contribution in [2.24, 2.45) is 0 Å². The van der Waals surface area contributed by atoms with Gasteiger partial charge in [0, 0.05) is 23.8 Å². The van der Waals surface area contributed by atoms with E-state index in [2.05, 4.69) is 6.58 Å². The first kappa shape index (κ1) is 12.6. The van der Waals surface area contributed by atoms with Gasteiger partial charge in [0.1, 0.15) is 0 Å². The molecule has 0 aliphatic rings. The molecular formula is C12H15ClN2O. The van der Waals surface area contributed by atoms with Crippen LogP contribution in [0.5, 0.6) is 0 Å². The normalized spacial score (nSPS) is 9.88. The maximum absolute atomic E-state index is 12.1. The number of benzene rings is 1. The number of carbonyl (C=O) groups is 1. The Morgan fingerprint density at radius 1 is 1.62 bits per heavy atom. The lowest BCUT2D eigenvalue weighted by molar-refractivity contribution is 0.0783. The monoisotopic (exact) mass is 238 g/mol. The summed E-state index contributed by atoms with van der Waals surface area (Å²) in [5, 5.41) is 0.529. The Labute approximate surface area is 100 Å². The standard InChI is InChI=1S/C12H15ClN2O/c1-3-7-15(4-2)12(16)10-6-5-9(13)8-11(10)14/h3,5-6,8H,1,4,7,14H2,2H3. The van der Waals surface area contributed by atoms with E-state index in [1.165, 1.54) is 0 Å². The van der Waals surface area contributed by atoms with Gasteiger partial charge in [-0.3, -0.25) is 4.79 Å². The molecule has 1 rings (SSSR count). The Hall–Kier alpha value is -1.48. The summed E-state index contributed by atoms with van der Waals surface area (Å²) < 4.78 is 0. The number of likely N-dealkylation sites (N-methyl/N-ethyl adjacent to an activating group) is 1. The van der Waals surface area contributed by atoms with Crippen molar-refractivity contribution >= 4 is 23.2 Å². The minimum absolute atomic E-state index is 0.100. The number of anilines is 1. The van der Waals surface area contributed by atoms with Gasteiger partial charge in [-0.25, -0.2) is 0 Å². The van der Waals surface area contributed by atoms with Crippen molar-refractivity contribution in [2.45, 2.75) is 6.92 Å². The number of nitrogens with two attached hydrogens (primary N) is 1. The molecule has 2 N–H and O–H groups in total. The van der Waals surface area contributed by atoms with E-state index in [9.17, 15) is 4.79 Å². The van der Waals surface area contributed by atoms with E-state index in [0.717, 1.165) is 0 Å². The molecule has 0 fully saturated rings. The van der Waals surface area contributed by atoms with Gasteiger partial charge in [0.25, 0.3) is 5.91 Å². The van der Waals surface area contributed by atoms with Gasteiger partial charge in [-0.05, 0) is 25.1 Å². The van der Waals surface area contributed by atoms with Gasteiger partial charge < -0.3 is 10.6 Å². The fraction of sp³-hybridized carbons (Fsp3) is 0.250. The highest BCUT2D eigenvalue weighted by molar-refractivity contribution is 6.31. The summed E-state index contributed by atoms with van der Waals surface area (Å²) in [7, 11) is 0. The number of carbonyl (C=O) groups excluding carboxylic acids is 1. The third-order valence-electron chi connectivity index (χ3n) is 2.26. The molecule has 1 amide bonds. The maximum Gasteiger partial charge on any atom is 0.256 e. The SMILES string of the molecule is C=CCN(CC)C(=O)c1ccc(Cl)cc1N. The molecule has 1 aromatic rings. The van der Waals surface area contributed by atoms with Gasteiger partial charge in [0.15, 0.2) is 0 Å². The van der Waals surface area contributed by atoms with E-state index in [-0.39, 0.29) is 5.91 Å². The summed E-state index contributed by atoms with van der Waals surface area (Å²) in [5.74, 6) is -0.100. The molecule has 0 heterocycles. The average molecular weight is 239 g/mol. The van der Waals surface area contributed by atoms with Crippen molar-refractivity contribution in [3.8, 4) is 0 Å². The topological polar surface area (TPSA) is 46.3 Å². The summed E-state index contributed by atoms with van der Waals surface area (Å²) in [6.45, 7) is 6.65. The molecule has 0 radical (unpaired) electrons. The van der Waals surface area contributed by atoms with Crippen LogP contribution in [-0.2, 0) is 0 Å². The minimum atomic E-state index is -0.100. The molecule has 0 atom stereocenters. The smallest absolute Gasteiger partial charge is 0.256 e. The van der Waals surface area contributed by atoms with Gasteiger partial charge in [-0.2, -0.15) is 0 Å². The van der Waals surface area contributed by atoms with E-state index < -0.39 is 0 Å². The van der Waals surface area contributed by atoms with E-state index >= 15 is 0 Å². The van der Waals surface area contributed by atoms with Crippen molar-refractivity contribution in [1.82, 2.24) is 4.90 Å². The molecule has 0 aliphatic heterocycles. The van der Waals surface area contributed by atoms with Crippen LogP contribution < -0.4 is 5.73 Å². The van der Waals surface area contributed by atoms with E-state index in [0.29, 0.717) is 29.4 Å². The van der Waals surface area contributed by atoms with Crippen molar-refractivity contribution in [3.63, 3.8) is 0 Å². The molecule has 0 spiro atoms. The van der Waals surface area contributed by atoms with E-state index in [1.54, 1.807) is 29.2 Å². The molecule has 0 aliphatic carbocycles. The summed E-state index contributed by atoms with van der Waals surface area (Å²) in [5.41, 5.74) is 6.64. The first-order valence-corrected chi connectivity index (χ1v) is 5.43. The number of hydrogen-bond acceptors (Lipinski definition) is 2. The number of rotatable bonds is 4. The lowest BCUT2D eigenvalue weighted by Gasteiger charge is -2.19. The zero-order valence-corrected chi connectivity index (χ0v) is 10.00. The molecule has 0 saturated carbocycles. The number of nitrogens with zero attached hydrogens (tertiary/aromatic N) is 1. The Balaban J connectivity index is 2.98. The summed E-state index contributed by atoms with van der Waals surface area (Å²) in [4.78, 5) is 13.7. The predicted octanol–water partition coefficient (Wildman–Crippen LogP) is 2.57. The van der Waals surface area contributed by atoms with Crippen LogP contribution in [0.3, 0.4) is 0 Å². The number of hydrogen-bond donors (Lipinski definition) is 1. The molecule has 0 unspecified atom stereocenters. The quantitative estimate of drug-likeness (QED) is 0.647. The first-order valence-electron chi connectivity index (χ1n) is 5.05. The van der Waals surface area contributed by atoms with Crippen molar-refractivity contribution in [1.29, 1.82) is 0 Å². The third kappa shape index (κ3) is 2.76. The number of nitrogen functional groups attached to an aromatic ring is 1. The second-order valence-electron chi connectivity index (χ2n) is 3.36. The average Bonchev–Trinajstić information content (AvgIpc) is 2.25. The van der Waals surface area contributed by atoms with Crippen LogP contribution in [0.1, 0.15) is 17.3 Å². The molecule has 4 heteroatoms. The van der Waals surface area contributed by atoms with Crippen LogP contribution in [-0.4, -0.2) is 23.9 Å². The Morgan fingerprint density at radius 2 is 2.31 bits per heavy atom. The Morgan fingerprint density at radius 3 is 2.81 bits per heavy atom. The lowest BCUT2D eigenvalue weighted by atomic mass is 10.1. The fourth-order valence-corrected chi connectivity index (χ4v) is 1.59. The van der Waals surface area contributed by atoms with Crippen LogP contribution in [0.4, 0.5) is 5.69 Å². The zero-order valence-electron chi connectivity index (χ0n) is 9.24. The second kappa shape index (κ2) is 5.56. The highest BCUT2D eigenvalue weighted by atomic mass is 35.5. The van der Waals surface area contributed by atoms with Gasteiger partial charge in [0.2, 0.25) is 0 Å². The molecule has 1 aromatic carbocycles. The minimum Gasteiger partial charge on any atom is -0.398 e. The predicted molar refractivity (Wildman–Crippen MR) is 67.6 cm³/mol. The fourth-order valence-electron chi connectivity index (χ4n) is 1.41. The van der Waals surface area contributed by atoms with Crippen molar-refractivity contribution < 1.29 is 4.79 Å². The Bertz CT molecular complexity index is 404. The lowest BCUT2D eigenvalue weighted by Crippen LogP contribution is -2.31. The van der Waals surface area contributed by atoms with Gasteiger partial charge in [-0.15, -0.1) is 6.58 Å². The molecule has 86 valence electrons. The highest BCUT2D eigenvalue weighted by Crippen LogP contribution is 2.19. The van der Waals surface area contributed by atoms with Crippen molar-refractivity contribution in [2.75, 3.05) is 18.8 Å². The zero-order chi connectivity index (χ0) is 12.1. The number of amides is 1. The summed E-state index contributed by atoms with van der Waals surface area (Å²) in [6.07, 6.45) is 1.69. The summed E-state index contributed by atoms with van der Waals surface area (Å²) in [6, 6.07) is 4.88. The van der Waals surface area contributed by atoms with Crippen LogP contribution in [0.25, 0.3) is 0 Å². The molecular weight excluding hydrogens is 224 g/mol. The first-order chi connectivity index (χ1) is 7.60. The summed E-state index contributed by atoms with van der Waals surface area (Å²) >= 11 is 5.78. The second-order valence-corrected chi connectivity index (χ2v) is 3.80. The number of halogens is 1. The van der Waals surface area contributed by atoms with Crippen LogP contribution in [0.15, 0.2) is 30.9 Å². The van der Waals surface area contributed by atoms with Gasteiger partial charge in [-0.1, -0.05) is 17.7 Å². The Kier molecular flexibility index (Phi) is 4.38. The molecule has 0 bridgehead atoms. The van der Waals surface area contributed by atoms with E-state index in [4.69, 9.17) is 17.3 Å². The van der Waals surface area contributed by atoms with Crippen LogP contribution >= 0.6 is 11.6 Å². The third-order valence-corrected chi connectivity index (χ3v) is 2.50. The molecule has 0 aromatic heterocycles. The maximum atomic E-state index is 12.1.